The van der Waals surface area contributed by atoms with Gasteiger partial charge in [-0.05, 0) is 34.7 Å². The molecular formula is C13H9ClFN5. The number of tetrazole rings is 1. The van der Waals surface area contributed by atoms with Crippen molar-refractivity contribution >= 4 is 17.3 Å². The summed E-state index contributed by atoms with van der Waals surface area (Å²) in [5.41, 5.74) is 6.95. The zero-order valence-corrected chi connectivity index (χ0v) is 10.9. The number of nitrogens with zero attached hydrogens (tertiary/aromatic N) is 4. The number of halogens is 2. The Kier molecular flexibility index (Phi) is 3.08. The van der Waals surface area contributed by atoms with Crippen molar-refractivity contribution in [3.05, 3.63) is 53.3 Å². The van der Waals surface area contributed by atoms with Gasteiger partial charge in [-0.3, -0.25) is 0 Å². The summed E-state index contributed by atoms with van der Waals surface area (Å²) in [7, 11) is 0. The molecule has 1 heterocycles. The van der Waals surface area contributed by atoms with Crippen LogP contribution in [-0.4, -0.2) is 20.2 Å². The zero-order chi connectivity index (χ0) is 14.1. The van der Waals surface area contributed by atoms with E-state index in [1.54, 1.807) is 36.4 Å². The van der Waals surface area contributed by atoms with Gasteiger partial charge in [-0.2, -0.15) is 4.68 Å². The van der Waals surface area contributed by atoms with Gasteiger partial charge in [-0.15, -0.1) is 5.10 Å². The lowest BCUT2D eigenvalue weighted by molar-refractivity contribution is 0.608. The summed E-state index contributed by atoms with van der Waals surface area (Å²) in [4.78, 5) is 0. The van der Waals surface area contributed by atoms with Crippen LogP contribution in [0.5, 0.6) is 0 Å². The van der Waals surface area contributed by atoms with Crippen LogP contribution in [0.25, 0.3) is 17.1 Å². The van der Waals surface area contributed by atoms with E-state index < -0.39 is 5.82 Å². The lowest BCUT2D eigenvalue weighted by Crippen LogP contribution is -2.03. The maximum absolute atomic E-state index is 13.9. The van der Waals surface area contributed by atoms with Gasteiger partial charge in [0.1, 0.15) is 11.5 Å². The number of hydrogen-bond acceptors (Lipinski definition) is 4. The van der Waals surface area contributed by atoms with Gasteiger partial charge >= 0.3 is 0 Å². The standard InChI is InChI=1S/C13H9ClFN5/c14-12-8(4-3-6-10(12)16)13-17-18-19-20(13)11-7-2-1-5-9(11)15/h1-7H,16H2. The molecule has 0 bridgehead atoms. The molecule has 0 saturated heterocycles. The van der Waals surface area contributed by atoms with Crippen LogP contribution >= 0.6 is 11.6 Å². The molecular weight excluding hydrogens is 281 g/mol. The Bertz CT molecular complexity index is 771. The maximum atomic E-state index is 13.9. The summed E-state index contributed by atoms with van der Waals surface area (Å²) in [6.45, 7) is 0. The van der Waals surface area contributed by atoms with Crippen LogP contribution in [-0.2, 0) is 0 Å². The highest BCUT2D eigenvalue weighted by Gasteiger charge is 2.16. The highest BCUT2D eigenvalue weighted by atomic mass is 35.5. The molecule has 0 aliphatic heterocycles. The lowest BCUT2D eigenvalue weighted by Gasteiger charge is -2.08. The highest BCUT2D eigenvalue weighted by molar-refractivity contribution is 6.35. The molecule has 0 radical (unpaired) electrons. The van der Waals surface area contributed by atoms with Gasteiger partial charge in [-0.1, -0.05) is 29.8 Å². The second-order valence-electron chi connectivity index (χ2n) is 4.07. The van der Waals surface area contributed by atoms with Crippen molar-refractivity contribution < 1.29 is 4.39 Å². The third kappa shape index (κ3) is 2.00. The van der Waals surface area contributed by atoms with Gasteiger partial charge in [0.2, 0.25) is 0 Å². The minimum Gasteiger partial charge on any atom is -0.398 e. The number of nitrogens with two attached hydrogens (primary N) is 1. The molecule has 20 heavy (non-hydrogen) atoms. The predicted molar refractivity (Wildman–Crippen MR) is 74.0 cm³/mol. The second kappa shape index (κ2) is 4.90. The Labute approximate surface area is 118 Å². The number of para-hydroxylation sites is 1. The third-order valence-corrected chi connectivity index (χ3v) is 3.24. The summed E-state index contributed by atoms with van der Waals surface area (Å²) in [5.74, 6) is -0.103. The van der Waals surface area contributed by atoms with Crippen molar-refractivity contribution in [2.45, 2.75) is 0 Å². The Morgan fingerprint density at radius 1 is 1.10 bits per heavy atom. The topological polar surface area (TPSA) is 69.6 Å². The molecule has 3 rings (SSSR count). The molecule has 0 saturated carbocycles. The summed E-state index contributed by atoms with van der Waals surface area (Å²) >= 11 is 6.16. The first kappa shape index (κ1) is 12.6. The average molecular weight is 290 g/mol. The van der Waals surface area contributed by atoms with Crippen molar-refractivity contribution in [2.75, 3.05) is 5.73 Å². The van der Waals surface area contributed by atoms with Crippen LogP contribution in [0.1, 0.15) is 0 Å². The Hall–Kier alpha value is -2.47. The highest BCUT2D eigenvalue weighted by Crippen LogP contribution is 2.31. The molecule has 0 amide bonds. The molecule has 7 heteroatoms. The number of benzene rings is 2. The van der Waals surface area contributed by atoms with E-state index in [0.29, 0.717) is 22.1 Å². The van der Waals surface area contributed by atoms with Crippen LogP contribution in [0.4, 0.5) is 10.1 Å². The van der Waals surface area contributed by atoms with Crippen molar-refractivity contribution in [1.29, 1.82) is 0 Å². The Balaban J connectivity index is 2.21. The molecule has 2 aromatic carbocycles. The number of anilines is 1. The molecule has 0 unspecified atom stereocenters. The van der Waals surface area contributed by atoms with Crippen LogP contribution in [0.2, 0.25) is 5.02 Å². The minimum absolute atomic E-state index is 0.242. The molecule has 0 aliphatic rings. The van der Waals surface area contributed by atoms with Crippen molar-refractivity contribution in [2.24, 2.45) is 0 Å². The summed E-state index contributed by atoms with van der Waals surface area (Å²) < 4.78 is 15.1. The van der Waals surface area contributed by atoms with E-state index in [2.05, 4.69) is 15.5 Å². The van der Waals surface area contributed by atoms with Crippen LogP contribution in [0.15, 0.2) is 42.5 Å². The predicted octanol–water partition coefficient (Wildman–Crippen LogP) is 2.70. The van der Waals surface area contributed by atoms with Gasteiger partial charge in [0, 0.05) is 5.56 Å². The molecule has 1 aromatic heterocycles. The summed E-state index contributed by atoms with van der Waals surface area (Å²) in [6.07, 6.45) is 0. The molecule has 0 spiro atoms. The van der Waals surface area contributed by atoms with E-state index in [1.807, 2.05) is 0 Å². The van der Waals surface area contributed by atoms with E-state index in [-0.39, 0.29) is 5.69 Å². The largest absolute Gasteiger partial charge is 0.398 e. The fourth-order valence-electron chi connectivity index (χ4n) is 1.86. The Morgan fingerprint density at radius 3 is 2.70 bits per heavy atom. The van der Waals surface area contributed by atoms with Gasteiger partial charge in [-0.25, -0.2) is 4.39 Å². The normalized spacial score (nSPS) is 10.7. The molecule has 100 valence electrons. The number of aromatic nitrogens is 4. The van der Waals surface area contributed by atoms with E-state index in [9.17, 15) is 4.39 Å². The van der Waals surface area contributed by atoms with E-state index in [1.165, 1.54) is 10.7 Å². The lowest BCUT2D eigenvalue weighted by atomic mass is 10.2. The number of hydrogen-bond donors (Lipinski definition) is 1. The zero-order valence-electron chi connectivity index (χ0n) is 10.2. The van der Waals surface area contributed by atoms with Crippen LogP contribution in [0.3, 0.4) is 0 Å². The van der Waals surface area contributed by atoms with Crippen LogP contribution in [0, 0.1) is 5.82 Å². The van der Waals surface area contributed by atoms with Gasteiger partial charge in [0.25, 0.3) is 0 Å². The summed E-state index contributed by atoms with van der Waals surface area (Å²) in [5, 5.41) is 11.6. The molecule has 0 fully saturated rings. The number of rotatable bonds is 2. The van der Waals surface area contributed by atoms with Crippen molar-refractivity contribution in [3.8, 4) is 17.1 Å². The van der Waals surface area contributed by atoms with Crippen molar-refractivity contribution in [1.82, 2.24) is 20.2 Å². The van der Waals surface area contributed by atoms with Crippen molar-refractivity contribution in [3.63, 3.8) is 0 Å². The first-order valence-corrected chi connectivity index (χ1v) is 6.14. The van der Waals surface area contributed by atoms with E-state index in [4.69, 9.17) is 17.3 Å². The third-order valence-electron chi connectivity index (χ3n) is 2.82. The first-order chi connectivity index (χ1) is 9.68. The quantitative estimate of drug-likeness (QED) is 0.736. The fourth-order valence-corrected chi connectivity index (χ4v) is 2.07. The monoisotopic (exact) mass is 289 g/mol. The van der Waals surface area contributed by atoms with E-state index in [0.717, 1.165) is 0 Å². The van der Waals surface area contributed by atoms with Gasteiger partial charge < -0.3 is 5.73 Å². The maximum Gasteiger partial charge on any atom is 0.188 e. The van der Waals surface area contributed by atoms with E-state index >= 15 is 0 Å². The second-order valence-corrected chi connectivity index (χ2v) is 4.45. The molecule has 2 N–H and O–H groups in total. The molecule has 3 aromatic rings. The molecule has 0 atom stereocenters. The fraction of sp³-hybridized carbons (Fsp3) is 0. The van der Waals surface area contributed by atoms with Crippen LogP contribution < -0.4 is 5.73 Å². The SMILES string of the molecule is Nc1cccc(-c2nnnn2-c2ccccc2F)c1Cl. The summed E-state index contributed by atoms with van der Waals surface area (Å²) in [6, 6.07) is 11.3. The molecule has 5 nitrogen and oxygen atoms in total. The minimum atomic E-state index is -0.430. The smallest absolute Gasteiger partial charge is 0.188 e. The molecule has 0 aliphatic carbocycles. The number of nitrogen functional groups attached to an aromatic ring is 1. The van der Waals surface area contributed by atoms with Gasteiger partial charge in [0.15, 0.2) is 5.82 Å². The first-order valence-electron chi connectivity index (χ1n) is 5.76. The average Bonchev–Trinajstić information content (AvgIpc) is 2.91. The Morgan fingerprint density at radius 2 is 1.90 bits per heavy atom. The van der Waals surface area contributed by atoms with Gasteiger partial charge in [0.05, 0.1) is 10.7 Å².